The van der Waals surface area contributed by atoms with Gasteiger partial charge in [-0.05, 0) is 12.8 Å². The molecule has 0 amide bonds. The summed E-state index contributed by atoms with van der Waals surface area (Å²) in [5.74, 6) is -0.801. The number of aromatic carboxylic acids is 1. The Bertz CT molecular complexity index is 418. The van der Waals surface area contributed by atoms with Gasteiger partial charge in [0.1, 0.15) is 11.4 Å². The fourth-order valence-corrected chi connectivity index (χ4v) is 1.68. The molecule has 7 heteroatoms. The Hall–Kier alpha value is -1.89. The first-order valence-electron chi connectivity index (χ1n) is 5.39. The molecule has 1 aromatic heterocycles. The molecule has 0 spiro atoms. The topological polar surface area (TPSA) is 110 Å². The van der Waals surface area contributed by atoms with Crippen LogP contribution in [0.15, 0.2) is 6.07 Å². The van der Waals surface area contributed by atoms with Crippen molar-refractivity contribution in [2.24, 2.45) is 0 Å². The van der Waals surface area contributed by atoms with E-state index in [1.807, 2.05) is 0 Å². The smallest absolute Gasteiger partial charge is 0.339 e. The summed E-state index contributed by atoms with van der Waals surface area (Å²) in [5.41, 5.74) is 5.36. The lowest BCUT2D eigenvalue weighted by Gasteiger charge is -2.11. The van der Waals surface area contributed by atoms with Crippen LogP contribution in [0.5, 0.6) is 0 Å². The van der Waals surface area contributed by atoms with Crippen LogP contribution in [-0.2, 0) is 4.74 Å². The zero-order chi connectivity index (χ0) is 12.3. The minimum Gasteiger partial charge on any atom is -0.478 e. The molecule has 2 rings (SSSR count). The monoisotopic (exact) mass is 238 g/mol. The minimum absolute atomic E-state index is 0.0464. The Morgan fingerprint density at radius 3 is 3.12 bits per heavy atom. The minimum atomic E-state index is -1.11. The number of aromatic nitrogens is 2. The normalized spacial score (nSPS) is 19.2. The average molecular weight is 238 g/mol. The molecule has 0 aromatic carbocycles. The summed E-state index contributed by atoms with van der Waals surface area (Å²) in [4.78, 5) is 10.8. The standard InChI is InChI=1S/C10H14N4O3/c11-9-7(10(15)16)4-8(13-14-9)12-5-6-2-1-3-17-6/h4,6H,1-3,5H2,(H2,11,14)(H,12,13)(H,15,16). The average Bonchev–Trinajstić information content (AvgIpc) is 2.80. The van der Waals surface area contributed by atoms with E-state index in [0.717, 1.165) is 19.4 Å². The lowest BCUT2D eigenvalue weighted by atomic mass is 10.2. The number of carboxylic acids is 1. The molecule has 2 heterocycles. The summed E-state index contributed by atoms with van der Waals surface area (Å²) in [6.07, 6.45) is 2.21. The van der Waals surface area contributed by atoms with Crippen LogP contribution in [0.3, 0.4) is 0 Å². The van der Waals surface area contributed by atoms with Gasteiger partial charge in [0.15, 0.2) is 5.82 Å². The summed E-state index contributed by atoms with van der Waals surface area (Å²) in [6, 6.07) is 1.37. The number of rotatable bonds is 4. The van der Waals surface area contributed by atoms with Gasteiger partial charge >= 0.3 is 5.97 Å². The number of hydrogen-bond acceptors (Lipinski definition) is 6. The van der Waals surface area contributed by atoms with Crippen molar-refractivity contribution in [1.82, 2.24) is 10.2 Å². The molecule has 1 aliphatic rings. The first kappa shape index (κ1) is 11.6. The molecule has 1 atom stereocenters. The van der Waals surface area contributed by atoms with Crippen LogP contribution in [0.1, 0.15) is 23.2 Å². The highest BCUT2D eigenvalue weighted by Crippen LogP contribution is 2.15. The third-order valence-corrected chi connectivity index (χ3v) is 2.59. The first-order chi connectivity index (χ1) is 8.16. The molecular formula is C10H14N4O3. The molecule has 1 aliphatic heterocycles. The number of anilines is 2. The Morgan fingerprint density at radius 1 is 1.65 bits per heavy atom. The highest BCUT2D eigenvalue weighted by atomic mass is 16.5. The number of nitrogens with zero attached hydrogens (tertiary/aromatic N) is 2. The van der Waals surface area contributed by atoms with Crippen LogP contribution in [0, 0.1) is 0 Å². The Kier molecular flexibility index (Phi) is 3.38. The third kappa shape index (κ3) is 2.82. The zero-order valence-electron chi connectivity index (χ0n) is 9.22. The summed E-state index contributed by atoms with van der Waals surface area (Å²) in [6.45, 7) is 1.37. The van der Waals surface area contributed by atoms with Gasteiger partial charge in [-0.3, -0.25) is 0 Å². The van der Waals surface area contributed by atoms with Gasteiger partial charge in [-0.2, -0.15) is 0 Å². The van der Waals surface area contributed by atoms with Crippen molar-refractivity contribution in [3.63, 3.8) is 0 Å². The van der Waals surface area contributed by atoms with Crippen molar-refractivity contribution in [1.29, 1.82) is 0 Å². The van der Waals surface area contributed by atoms with E-state index in [1.54, 1.807) is 0 Å². The lowest BCUT2D eigenvalue weighted by Crippen LogP contribution is -2.19. The van der Waals surface area contributed by atoms with Gasteiger partial charge in [0, 0.05) is 19.2 Å². The van der Waals surface area contributed by atoms with Crippen molar-refractivity contribution in [3.05, 3.63) is 11.6 Å². The van der Waals surface area contributed by atoms with E-state index in [2.05, 4.69) is 15.5 Å². The van der Waals surface area contributed by atoms with Crippen LogP contribution >= 0.6 is 0 Å². The zero-order valence-corrected chi connectivity index (χ0v) is 9.22. The second-order valence-electron chi connectivity index (χ2n) is 3.85. The van der Waals surface area contributed by atoms with Gasteiger partial charge in [-0.1, -0.05) is 0 Å². The Balaban J connectivity index is 2.00. The molecule has 4 N–H and O–H groups in total. The quantitative estimate of drug-likeness (QED) is 0.694. The fourth-order valence-electron chi connectivity index (χ4n) is 1.68. The van der Waals surface area contributed by atoms with E-state index < -0.39 is 5.97 Å². The van der Waals surface area contributed by atoms with E-state index in [9.17, 15) is 4.79 Å². The van der Waals surface area contributed by atoms with Crippen molar-refractivity contribution in [3.8, 4) is 0 Å². The highest BCUT2D eigenvalue weighted by Gasteiger charge is 2.16. The second kappa shape index (κ2) is 4.96. The van der Waals surface area contributed by atoms with E-state index in [-0.39, 0.29) is 17.5 Å². The summed E-state index contributed by atoms with van der Waals surface area (Å²) in [7, 11) is 0. The predicted molar refractivity (Wildman–Crippen MR) is 60.9 cm³/mol. The van der Waals surface area contributed by atoms with Crippen LogP contribution in [0.25, 0.3) is 0 Å². The van der Waals surface area contributed by atoms with Crippen molar-refractivity contribution in [2.75, 3.05) is 24.2 Å². The van der Waals surface area contributed by atoms with Gasteiger partial charge in [0.05, 0.1) is 6.10 Å². The van der Waals surface area contributed by atoms with Crippen molar-refractivity contribution < 1.29 is 14.6 Å². The maximum atomic E-state index is 10.8. The van der Waals surface area contributed by atoms with E-state index >= 15 is 0 Å². The van der Waals surface area contributed by atoms with Gasteiger partial charge in [0.2, 0.25) is 0 Å². The van der Waals surface area contributed by atoms with E-state index in [4.69, 9.17) is 15.6 Å². The SMILES string of the molecule is Nc1nnc(NCC2CCCO2)cc1C(=O)O. The molecule has 1 saturated heterocycles. The first-order valence-corrected chi connectivity index (χ1v) is 5.39. The molecule has 1 unspecified atom stereocenters. The molecule has 7 nitrogen and oxygen atoms in total. The highest BCUT2D eigenvalue weighted by molar-refractivity contribution is 5.93. The van der Waals surface area contributed by atoms with Gasteiger partial charge in [-0.25, -0.2) is 4.79 Å². The summed E-state index contributed by atoms with van der Waals surface area (Å²) < 4.78 is 5.42. The number of hydrogen-bond donors (Lipinski definition) is 3. The van der Waals surface area contributed by atoms with E-state index in [1.165, 1.54) is 6.07 Å². The molecule has 0 bridgehead atoms. The molecule has 1 aromatic rings. The molecule has 0 aliphatic carbocycles. The summed E-state index contributed by atoms with van der Waals surface area (Å²) >= 11 is 0. The number of carbonyl (C=O) groups is 1. The molecular weight excluding hydrogens is 224 g/mol. The van der Waals surface area contributed by atoms with Crippen molar-refractivity contribution in [2.45, 2.75) is 18.9 Å². The van der Waals surface area contributed by atoms with Crippen LogP contribution in [0.2, 0.25) is 0 Å². The number of nitrogens with two attached hydrogens (primary N) is 1. The maximum Gasteiger partial charge on any atom is 0.339 e. The van der Waals surface area contributed by atoms with Crippen molar-refractivity contribution >= 4 is 17.6 Å². The van der Waals surface area contributed by atoms with Gasteiger partial charge < -0.3 is 20.9 Å². The third-order valence-electron chi connectivity index (χ3n) is 2.59. The van der Waals surface area contributed by atoms with Crippen LogP contribution in [-0.4, -0.2) is 40.5 Å². The van der Waals surface area contributed by atoms with E-state index in [0.29, 0.717) is 12.4 Å². The summed E-state index contributed by atoms with van der Waals surface area (Å²) in [5, 5.41) is 19.2. The molecule has 0 radical (unpaired) electrons. The number of nitrogens with one attached hydrogen (secondary N) is 1. The van der Waals surface area contributed by atoms with Gasteiger partial charge in [0.25, 0.3) is 0 Å². The number of ether oxygens (including phenoxy) is 1. The molecule has 17 heavy (non-hydrogen) atoms. The maximum absolute atomic E-state index is 10.8. The predicted octanol–water partition coefficient (Wildman–Crippen LogP) is 0.348. The lowest BCUT2D eigenvalue weighted by molar-refractivity contribution is 0.0697. The largest absolute Gasteiger partial charge is 0.478 e. The molecule has 92 valence electrons. The molecule has 1 fully saturated rings. The van der Waals surface area contributed by atoms with Gasteiger partial charge in [-0.15, -0.1) is 10.2 Å². The fraction of sp³-hybridized carbons (Fsp3) is 0.500. The number of carboxylic acid groups (broad SMARTS) is 1. The number of nitrogen functional groups attached to an aromatic ring is 1. The second-order valence-corrected chi connectivity index (χ2v) is 3.85. The molecule has 0 saturated carbocycles. The van der Waals surface area contributed by atoms with Crippen LogP contribution in [0.4, 0.5) is 11.6 Å². The Labute approximate surface area is 98.0 Å². The van der Waals surface area contributed by atoms with Crippen LogP contribution < -0.4 is 11.1 Å². The Morgan fingerprint density at radius 2 is 2.47 bits per heavy atom.